The van der Waals surface area contributed by atoms with E-state index < -0.39 is 21.2 Å². The molecule has 2 heterocycles. The van der Waals surface area contributed by atoms with Crippen molar-refractivity contribution < 1.29 is 17.9 Å². The Kier molecular flexibility index (Phi) is 2.39. The van der Waals surface area contributed by atoms with Crippen molar-refractivity contribution >= 4 is 15.7 Å². The summed E-state index contributed by atoms with van der Waals surface area (Å²) in [5.74, 6) is -0.590. The van der Waals surface area contributed by atoms with Gasteiger partial charge in [-0.2, -0.15) is 4.40 Å². The fourth-order valence-electron chi connectivity index (χ4n) is 4.98. The van der Waals surface area contributed by atoms with E-state index in [0.717, 1.165) is 12.8 Å². The van der Waals surface area contributed by atoms with Gasteiger partial charge in [-0.25, -0.2) is 8.42 Å². The fourth-order valence-corrected chi connectivity index (χ4v) is 6.90. The normalized spacial score (nSPS) is 43.8. The lowest BCUT2D eigenvalue weighted by molar-refractivity contribution is -0.285. The van der Waals surface area contributed by atoms with Crippen LogP contribution in [0.3, 0.4) is 0 Å². The van der Waals surface area contributed by atoms with E-state index in [1.165, 1.54) is 0 Å². The van der Waals surface area contributed by atoms with Crippen LogP contribution in [0, 0.1) is 22.2 Å². The summed E-state index contributed by atoms with van der Waals surface area (Å²) in [7, 11) is -3.40. The predicted octanol–water partition coefficient (Wildman–Crippen LogP) is 1.98. The van der Waals surface area contributed by atoms with Crippen LogP contribution in [0.25, 0.3) is 0 Å². The van der Waals surface area contributed by atoms with E-state index in [-0.39, 0.29) is 22.5 Å². The van der Waals surface area contributed by atoms with Crippen molar-refractivity contribution in [1.82, 2.24) is 0 Å². The Hall–Kier alpha value is -0.460. The molecule has 1 saturated heterocycles. The number of rotatable bonds is 0. The molecule has 2 saturated carbocycles. The third-order valence-corrected chi connectivity index (χ3v) is 7.54. The van der Waals surface area contributed by atoms with E-state index >= 15 is 0 Å². The SMILES string of the molecule is CC1(C)COC2(OC1)C1=NS(=O)(=O)C[C@]13CC[C@H]2C3(C)C. The molecule has 0 amide bonds. The van der Waals surface area contributed by atoms with Gasteiger partial charge in [-0.15, -0.1) is 0 Å². The highest BCUT2D eigenvalue weighted by atomic mass is 32.2. The quantitative estimate of drug-likeness (QED) is 0.686. The summed E-state index contributed by atoms with van der Waals surface area (Å²) in [5.41, 5.74) is 0.0730. The Morgan fingerprint density at radius 3 is 2.38 bits per heavy atom. The molecule has 118 valence electrons. The number of fused-ring (bicyclic) bond motifs is 3. The summed E-state index contributed by atoms with van der Waals surface area (Å²) < 4.78 is 40.8. The first-order chi connectivity index (χ1) is 9.55. The van der Waals surface area contributed by atoms with Crippen LogP contribution in [0.4, 0.5) is 0 Å². The molecule has 4 aliphatic rings. The molecule has 0 aromatic carbocycles. The first kappa shape index (κ1) is 14.2. The lowest BCUT2D eigenvalue weighted by Crippen LogP contribution is -2.56. The highest BCUT2D eigenvalue weighted by molar-refractivity contribution is 7.90. The fraction of sp³-hybridized carbons (Fsp3) is 0.933. The topological polar surface area (TPSA) is 65.0 Å². The van der Waals surface area contributed by atoms with Gasteiger partial charge in [-0.1, -0.05) is 27.7 Å². The molecule has 6 heteroatoms. The zero-order chi connectivity index (χ0) is 15.3. The molecule has 2 aliphatic carbocycles. The molecule has 21 heavy (non-hydrogen) atoms. The van der Waals surface area contributed by atoms with Crippen LogP contribution in [0.2, 0.25) is 0 Å². The summed E-state index contributed by atoms with van der Waals surface area (Å²) in [6.45, 7) is 9.66. The smallest absolute Gasteiger partial charge is 0.254 e. The van der Waals surface area contributed by atoms with E-state index in [2.05, 4.69) is 32.1 Å². The van der Waals surface area contributed by atoms with E-state index in [1.54, 1.807) is 0 Å². The summed E-state index contributed by atoms with van der Waals surface area (Å²) in [4.78, 5) is 0. The standard InChI is InChI=1S/C15H23NO4S/c1-12(2)7-19-15(20-8-12)10-5-6-14(13(10,3)4)9-21(17,18)16-11(14)15/h10H,5-9H2,1-4H3/t10-,14+/m0/s1. The van der Waals surface area contributed by atoms with Crippen LogP contribution in [0.1, 0.15) is 40.5 Å². The first-order valence-corrected chi connectivity index (χ1v) is 9.27. The predicted molar refractivity (Wildman–Crippen MR) is 78.6 cm³/mol. The highest BCUT2D eigenvalue weighted by Gasteiger charge is 2.78. The Labute approximate surface area is 126 Å². The summed E-state index contributed by atoms with van der Waals surface area (Å²) in [6.07, 6.45) is 1.82. The van der Waals surface area contributed by atoms with Crippen LogP contribution >= 0.6 is 0 Å². The van der Waals surface area contributed by atoms with Gasteiger partial charge in [0.25, 0.3) is 10.0 Å². The number of hydrogen-bond donors (Lipinski definition) is 0. The van der Waals surface area contributed by atoms with Crippen molar-refractivity contribution in [1.29, 1.82) is 0 Å². The second-order valence-corrected chi connectivity index (χ2v) is 10.1. The Balaban J connectivity index is 1.87. The van der Waals surface area contributed by atoms with Crippen molar-refractivity contribution in [3.8, 4) is 0 Å². The molecule has 2 spiro atoms. The molecular formula is C15H23NO4S. The molecule has 4 rings (SSSR count). The summed E-state index contributed by atoms with van der Waals surface area (Å²) >= 11 is 0. The lowest BCUT2D eigenvalue weighted by Gasteiger charge is -2.46. The molecule has 2 aliphatic heterocycles. The number of hydrogen-bond acceptors (Lipinski definition) is 4. The maximum absolute atomic E-state index is 12.2. The molecular weight excluding hydrogens is 290 g/mol. The minimum Gasteiger partial charge on any atom is -0.344 e. The van der Waals surface area contributed by atoms with Crippen molar-refractivity contribution in [3.05, 3.63) is 0 Å². The van der Waals surface area contributed by atoms with Crippen molar-refractivity contribution in [3.63, 3.8) is 0 Å². The molecule has 0 aromatic rings. The highest BCUT2D eigenvalue weighted by Crippen LogP contribution is 2.71. The van der Waals surface area contributed by atoms with Crippen LogP contribution < -0.4 is 0 Å². The van der Waals surface area contributed by atoms with Gasteiger partial charge in [0.05, 0.1) is 24.7 Å². The number of sulfonamides is 1. The van der Waals surface area contributed by atoms with Gasteiger partial charge in [0, 0.05) is 16.7 Å². The minimum absolute atomic E-state index is 0.0393. The lowest BCUT2D eigenvalue weighted by atomic mass is 9.70. The molecule has 2 bridgehead atoms. The second kappa shape index (κ2) is 3.54. The monoisotopic (exact) mass is 313 g/mol. The molecule has 2 atom stereocenters. The van der Waals surface area contributed by atoms with Crippen LogP contribution in [-0.2, 0) is 19.5 Å². The largest absolute Gasteiger partial charge is 0.344 e. The van der Waals surface area contributed by atoms with Crippen LogP contribution in [0.15, 0.2) is 4.40 Å². The van der Waals surface area contributed by atoms with Crippen LogP contribution in [-0.4, -0.2) is 38.9 Å². The maximum atomic E-state index is 12.2. The Bertz CT molecular complexity index is 639. The third-order valence-electron chi connectivity index (χ3n) is 6.22. The van der Waals surface area contributed by atoms with E-state index in [1.807, 2.05) is 0 Å². The van der Waals surface area contributed by atoms with Crippen molar-refractivity contribution in [2.45, 2.75) is 46.3 Å². The first-order valence-electron chi connectivity index (χ1n) is 7.66. The Morgan fingerprint density at radius 2 is 1.76 bits per heavy atom. The number of ether oxygens (including phenoxy) is 2. The van der Waals surface area contributed by atoms with Gasteiger partial charge >= 0.3 is 0 Å². The molecule has 5 nitrogen and oxygen atoms in total. The molecule has 0 radical (unpaired) electrons. The van der Waals surface area contributed by atoms with E-state index in [0.29, 0.717) is 18.9 Å². The van der Waals surface area contributed by atoms with Gasteiger partial charge < -0.3 is 9.47 Å². The average Bonchev–Trinajstić information content (AvgIpc) is 2.82. The average molecular weight is 313 g/mol. The molecule has 0 aromatic heterocycles. The van der Waals surface area contributed by atoms with Crippen LogP contribution in [0.5, 0.6) is 0 Å². The minimum atomic E-state index is -3.40. The third kappa shape index (κ3) is 1.49. The summed E-state index contributed by atoms with van der Waals surface area (Å²) in [6, 6.07) is 0. The van der Waals surface area contributed by atoms with Gasteiger partial charge in [0.15, 0.2) is 0 Å². The Morgan fingerprint density at radius 1 is 1.14 bits per heavy atom. The van der Waals surface area contributed by atoms with Gasteiger partial charge in [0.1, 0.15) is 0 Å². The van der Waals surface area contributed by atoms with E-state index in [9.17, 15) is 8.42 Å². The maximum Gasteiger partial charge on any atom is 0.254 e. The zero-order valence-electron chi connectivity index (χ0n) is 13.1. The molecule has 0 unspecified atom stereocenters. The number of nitrogens with zero attached hydrogens (tertiary/aromatic N) is 1. The second-order valence-electron chi connectivity index (χ2n) is 8.47. The zero-order valence-corrected chi connectivity index (χ0v) is 13.9. The molecule has 0 N–H and O–H groups in total. The van der Waals surface area contributed by atoms with Crippen molar-refractivity contribution in [2.75, 3.05) is 19.0 Å². The summed E-state index contributed by atoms with van der Waals surface area (Å²) in [5, 5.41) is 0. The van der Waals surface area contributed by atoms with Crippen molar-refractivity contribution in [2.24, 2.45) is 26.6 Å². The van der Waals surface area contributed by atoms with Gasteiger partial charge in [-0.3, -0.25) is 0 Å². The van der Waals surface area contributed by atoms with Gasteiger partial charge in [0.2, 0.25) is 5.79 Å². The van der Waals surface area contributed by atoms with Gasteiger partial charge in [-0.05, 0) is 18.3 Å². The van der Waals surface area contributed by atoms with E-state index in [4.69, 9.17) is 9.47 Å². The molecule has 3 fully saturated rings.